The lowest BCUT2D eigenvalue weighted by molar-refractivity contribution is 0.419. The van der Waals surface area contributed by atoms with Crippen molar-refractivity contribution < 1.29 is 4.52 Å². The highest BCUT2D eigenvalue weighted by Gasteiger charge is 2.01. The van der Waals surface area contributed by atoms with Gasteiger partial charge in [-0.1, -0.05) is 5.16 Å². The molecule has 0 saturated carbocycles. The van der Waals surface area contributed by atoms with Crippen molar-refractivity contribution in [2.75, 3.05) is 5.43 Å². The Morgan fingerprint density at radius 3 is 2.54 bits per heavy atom. The molecule has 0 amide bonds. The predicted octanol–water partition coefficient (Wildman–Crippen LogP) is 1.02. The van der Waals surface area contributed by atoms with E-state index in [4.69, 9.17) is 5.84 Å². The third-order valence-electron chi connectivity index (χ3n) is 1.67. The first-order valence-electron chi connectivity index (χ1n) is 3.73. The highest BCUT2D eigenvalue weighted by atomic mass is 16.5. The summed E-state index contributed by atoms with van der Waals surface area (Å²) in [5, 5.41) is 3.70. The smallest absolute Gasteiger partial charge is 0.214 e. The maximum Gasteiger partial charge on any atom is 0.214 e. The molecule has 1 aromatic carbocycles. The number of nitrogens with two attached hydrogens (primary N) is 1. The molecule has 2 aromatic rings. The molecule has 66 valence electrons. The topological polar surface area (TPSA) is 77.0 Å². The number of hydrogen-bond acceptors (Lipinski definition) is 5. The summed E-state index contributed by atoms with van der Waals surface area (Å²) in [6.07, 6.45) is 1.30. The van der Waals surface area contributed by atoms with Gasteiger partial charge in [0.25, 0.3) is 0 Å². The van der Waals surface area contributed by atoms with E-state index in [0.29, 0.717) is 5.82 Å². The predicted molar refractivity (Wildman–Crippen MR) is 47.5 cm³/mol. The summed E-state index contributed by atoms with van der Waals surface area (Å²) in [6, 6.07) is 7.40. The molecule has 0 radical (unpaired) electrons. The number of rotatable bonds is 2. The summed E-state index contributed by atoms with van der Waals surface area (Å²) < 4.78 is 4.62. The van der Waals surface area contributed by atoms with E-state index in [1.165, 1.54) is 6.39 Å². The Bertz CT molecular complexity index is 368. The van der Waals surface area contributed by atoms with Crippen molar-refractivity contribution in [3.05, 3.63) is 30.7 Å². The van der Waals surface area contributed by atoms with Gasteiger partial charge in [0.05, 0.1) is 0 Å². The molecule has 5 heteroatoms. The van der Waals surface area contributed by atoms with Gasteiger partial charge in [-0.2, -0.15) is 4.98 Å². The Hall–Kier alpha value is -1.88. The van der Waals surface area contributed by atoms with Gasteiger partial charge in [-0.05, 0) is 24.3 Å². The summed E-state index contributed by atoms with van der Waals surface area (Å²) in [5.41, 5.74) is 4.27. The van der Waals surface area contributed by atoms with E-state index in [1.807, 2.05) is 24.3 Å². The van der Waals surface area contributed by atoms with Gasteiger partial charge in [-0.25, -0.2) is 0 Å². The maximum atomic E-state index is 5.22. The molecule has 1 heterocycles. The minimum Gasteiger partial charge on any atom is -0.342 e. The quantitative estimate of drug-likeness (QED) is 0.527. The van der Waals surface area contributed by atoms with Crippen molar-refractivity contribution in [1.29, 1.82) is 0 Å². The third-order valence-corrected chi connectivity index (χ3v) is 1.67. The molecule has 13 heavy (non-hydrogen) atoms. The lowest BCUT2D eigenvalue weighted by atomic mass is 10.2. The number of nitrogens with zero attached hydrogens (tertiary/aromatic N) is 2. The van der Waals surface area contributed by atoms with E-state index < -0.39 is 0 Å². The fraction of sp³-hybridized carbons (Fsp3) is 0. The van der Waals surface area contributed by atoms with Crippen molar-refractivity contribution in [2.45, 2.75) is 0 Å². The second kappa shape index (κ2) is 3.24. The average Bonchev–Trinajstić information content (AvgIpc) is 2.71. The molecule has 1 aromatic heterocycles. The van der Waals surface area contributed by atoms with E-state index in [2.05, 4.69) is 20.1 Å². The van der Waals surface area contributed by atoms with Crippen molar-refractivity contribution in [2.24, 2.45) is 5.84 Å². The van der Waals surface area contributed by atoms with Gasteiger partial charge in [0.15, 0.2) is 0 Å². The van der Waals surface area contributed by atoms with Crippen LogP contribution in [0.15, 0.2) is 35.2 Å². The first-order chi connectivity index (χ1) is 6.40. The number of nitrogen functional groups attached to an aromatic ring is 1. The van der Waals surface area contributed by atoms with Crippen molar-refractivity contribution in [3.63, 3.8) is 0 Å². The van der Waals surface area contributed by atoms with Crippen LogP contribution in [0.1, 0.15) is 0 Å². The fourth-order valence-corrected chi connectivity index (χ4v) is 1.01. The molecule has 2 rings (SSSR count). The number of hydrogen-bond donors (Lipinski definition) is 2. The molecule has 0 bridgehead atoms. The Kier molecular flexibility index (Phi) is 1.93. The van der Waals surface area contributed by atoms with Crippen LogP contribution in [0.3, 0.4) is 0 Å². The van der Waals surface area contributed by atoms with Gasteiger partial charge in [0.1, 0.15) is 0 Å². The van der Waals surface area contributed by atoms with E-state index in [1.54, 1.807) is 0 Å². The van der Waals surface area contributed by atoms with Gasteiger partial charge in [-0.3, -0.25) is 5.84 Å². The fourth-order valence-electron chi connectivity index (χ4n) is 1.01. The number of nitrogens with one attached hydrogen (secondary N) is 1. The van der Waals surface area contributed by atoms with Crippen molar-refractivity contribution >= 4 is 5.69 Å². The maximum absolute atomic E-state index is 5.22. The highest BCUT2D eigenvalue weighted by Crippen LogP contribution is 2.16. The molecule has 5 nitrogen and oxygen atoms in total. The van der Waals surface area contributed by atoms with Crippen LogP contribution in [-0.2, 0) is 0 Å². The Labute approximate surface area is 74.5 Å². The minimum atomic E-state index is 0.573. The standard InChI is InChI=1S/C8H8N4O/c9-11-7-3-1-6(2-4-7)8-10-5-13-12-8/h1-5,11H,9H2. The van der Waals surface area contributed by atoms with Crippen LogP contribution in [0, 0.1) is 0 Å². The second-order valence-corrected chi connectivity index (χ2v) is 2.48. The molecule has 0 aliphatic rings. The van der Waals surface area contributed by atoms with Crippen molar-refractivity contribution in [3.8, 4) is 11.4 Å². The van der Waals surface area contributed by atoms with Gasteiger partial charge in [0.2, 0.25) is 12.2 Å². The molecular weight excluding hydrogens is 168 g/mol. The largest absolute Gasteiger partial charge is 0.342 e. The second-order valence-electron chi connectivity index (χ2n) is 2.48. The van der Waals surface area contributed by atoms with Gasteiger partial charge in [0, 0.05) is 11.3 Å². The molecule has 0 aliphatic heterocycles. The highest BCUT2D eigenvalue weighted by molar-refractivity contribution is 5.58. The van der Waals surface area contributed by atoms with Crippen LogP contribution in [-0.4, -0.2) is 10.1 Å². The summed E-state index contributed by atoms with van der Waals surface area (Å²) in [5.74, 6) is 5.79. The lowest BCUT2D eigenvalue weighted by Crippen LogP contribution is -2.05. The van der Waals surface area contributed by atoms with Gasteiger partial charge in [-0.15, -0.1) is 0 Å². The zero-order valence-electron chi connectivity index (χ0n) is 6.77. The Morgan fingerprint density at radius 1 is 1.23 bits per heavy atom. The molecule has 0 saturated heterocycles. The Balaban J connectivity index is 2.33. The first-order valence-corrected chi connectivity index (χ1v) is 3.73. The summed E-state index contributed by atoms with van der Waals surface area (Å²) in [4.78, 5) is 3.91. The van der Waals surface area contributed by atoms with Crippen LogP contribution < -0.4 is 11.3 Å². The van der Waals surface area contributed by atoms with Crippen LogP contribution in [0.25, 0.3) is 11.4 Å². The van der Waals surface area contributed by atoms with Crippen LogP contribution in [0.4, 0.5) is 5.69 Å². The SMILES string of the molecule is NNc1ccc(-c2ncon2)cc1. The molecule has 0 unspecified atom stereocenters. The summed E-state index contributed by atoms with van der Waals surface area (Å²) >= 11 is 0. The Morgan fingerprint density at radius 2 is 2.00 bits per heavy atom. The monoisotopic (exact) mass is 176 g/mol. The zero-order valence-corrected chi connectivity index (χ0v) is 6.77. The first kappa shape index (κ1) is 7.75. The van der Waals surface area contributed by atoms with E-state index in [9.17, 15) is 0 Å². The van der Waals surface area contributed by atoms with Crippen molar-refractivity contribution in [1.82, 2.24) is 10.1 Å². The van der Waals surface area contributed by atoms with Gasteiger partial charge >= 0.3 is 0 Å². The average molecular weight is 176 g/mol. The molecule has 0 spiro atoms. The third kappa shape index (κ3) is 1.50. The van der Waals surface area contributed by atoms with Crippen LogP contribution >= 0.6 is 0 Å². The normalized spacial score (nSPS) is 9.92. The van der Waals surface area contributed by atoms with E-state index in [0.717, 1.165) is 11.3 Å². The number of aromatic nitrogens is 2. The molecule has 0 atom stereocenters. The lowest BCUT2D eigenvalue weighted by Gasteiger charge is -1.98. The molecule has 3 N–H and O–H groups in total. The summed E-state index contributed by atoms with van der Waals surface area (Å²) in [7, 11) is 0. The van der Waals surface area contributed by atoms with Crippen LogP contribution in [0.5, 0.6) is 0 Å². The number of hydrazine groups is 1. The molecule has 0 aliphatic carbocycles. The molecule has 0 fully saturated rings. The van der Waals surface area contributed by atoms with E-state index in [-0.39, 0.29) is 0 Å². The molecular formula is C8H8N4O. The van der Waals surface area contributed by atoms with Crippen LogP contribution in [0.2, 0.25) is 0 Å². The minimum absolute atomic E-state index is 0.573. The van der Waals surface area contributed by atoms with Gasteiger partial charge < -0.3 is 9.95 Å². The number of benzene rings is 1. The van der Waals surface area contributed by atoms with E-state index >= 15 is 0 Å². The number of anilines is 1. The summed E-state index contributed by atoms with van der Waals surface area (Å²) in [6.45, 7) is 0. The zero-order chi connectivity index (χ0) is 9.10.